The zero-order chi connectivity index (χ0) is 11.8. The second-order valence-corrected chi connectivity index (χ2v) is 3.29. The Hall–Kier alpha value is -1.26. The zero-order valence-corrected chi connectivity index (χ0v) is 10.1. The first-order valence-corrected chi connectivity index (χ1v) is 5.79. The molecule has 4 nitrogen and oxygen atoms in total. The smallest absolute Gasteiger partial charge is 0.0642 e. The summed E-state index contributed by atoms with van der Waals surface area (Å²) in [6.07, 6.45) is 0. The molecule has 1 fully saturated rings. The topological polar surface area (TPSA) is 50.5 Å². The Bertz CT molecular complexity index is 298. The van der Waals surface area contributed by atoms with Crippen LogP contribution >= 0.6 is 0 Å². The molecule has 1 saturated heterocycles. The molecule has 4 heteroatoms. The highest BCUT2D eigenvalue weighted by atomic mass is 16.5. The fourth-order valence-corrected chi connectivity index (χ4v) is 1.61. The first-order valence-electron chi connectivity index (χ1n) is 5.79. The Labute approximate surface area is 97.4 Å². The molecular formula is C12H21N3O. The van der Waals surface area contributed by atoms with E-state index in [1.165, 1.54) is 5.69 Å². The van der Waals surface area contributed by atoms with Gasteiger partial charge in [0, 0.05) is 18.8 Å². The van der Waals surface area contributed by atoms with Gasteiger partial charge in [-0.3, -0.25) is 5.84 Å². The summed E-state index contributed by atoms with van der Waals surface area (Å²) < 4.78 is 5.30. The molecule has 1 aliphatic heterocycles. The molecule has 3 N–H and O–H groups in total. The van der Waals surface area contributed by atoms with Gasteiger partial charge in [-0.1, -0.05) is 19.9 Å². The van der Waals surface area contributed by atoms with Gasteiger partial charge in [-0.25, -0.2) is 0 Å². The third-order valence-corrected chi connectivity index (χ3v) is 2.39. The highest BCUT2D eigenvalue weighted by molar-refractivity contribution is 5.57. The summed E-state index contributed by atoms with van der Waals surface area (Å²) in [7, 11) is 0. The number of hydrazine groups is 1. The number of morpholine rings is 1. The molecule has 0 unspecified atom stereocenters. The summed E-state index contributed by atoms with van der Waals surface area (Å²) in [5, 5.41) is 0. The number of hydrogen-bond donors (Lipinski definition) is 2. The molecule has 0 atom stereocenters. The zero-order valence-electron chi connectivity index (χ0n) is 10.1. The highest BCUT2D eigenvalue weighted by Gasteiger charge is 2.10. The number of nitrogens with one attached hydrogen (secondary N) is 1. The first kappa shape index (κ1) is 12.8. The summed E-state index contributed by atoms with van der Waals surface area (Å²) >= 11 is 0. The lowest BCUT2D eigenvalue weighted by Crippen LogP contribution is -2.36. The Morgan fingerprint density at radius 1 is 1.25 bits per heavy atom. The minimum Gasteiger partial charge on any atom is -0.378 e. The molecule has 1 heterocycles. The number of anilines is 2. The molecule has 0 aromatic heterocycles. The van der Waals surface area contributed by atoms with Crippen LogP contribution in [0.2, 0.25) is 0 Å². The highest BCUT2D eigenvalue weighted by Crippen LogP contribution is 2.19. The lowest BCUT2D eigenvalue weighted by atomic mass is 10.2. The second-order valence-electron chi connectivity index (χ2n) is 3.29. The summed E-state index contributed by atoms with van der Waals surface area (Å²) in [6.45, 7) is 7.52. The van der Waals surface area contributed by atoms with Gasteiger partial charge in [0.2, 0.25) is 0 Å². The van der Waals surface area contributed by atoms with E-state index >= 15 is 0 Å². The predicted molar refractivity (Wildman–Crippen MR) is 68.6 cm³/mol. The monoisotopic (exact) mass is 223 g/mol. The van der Waals surface area contributed by atoms with E-state index in [1.54, 1.807) is 0 Å². The third kappa shape index (κ3) is 3.40. The van der Waals surface area contributed by atoms with Gasteiger partial charge in [-0.15, -0.1) is 0 Å². The van der Waals surface area contributed by atoms with Crippen LogP contribution in [0, 0.1) is 0 Å². The van der Waals surface area contributed by atoms with E-state index in [1.807, 2.05) is 32.0 Å². The van der Waals surface area contributed by atoms with Crippen LogP contribution in [0.15, 0.2) is 24.3 Å². The van der Waals surface area contributed by atoms with E-state index < -0.39 is 0 Å². The van der Waals surface area contributed by atoms with Crippen LogP contribution in [0.5, 0.6) is 0 Å². The summed E-state index contributed by atoms with van der Waals surface area (Å²) in [6, 6.07) is 8.08. The quantitative estimate of drug-likeness (QED) is 0.593. The maximum absolute atomic E-state index is 5.36. The van der Waals surface area contributed by atoms with Crippen LogP contribution in [-0.2, 0) is 4.74 Å². The van der Waals surface area contributed by atoms with Crippen molar-refractivity contribution in [3.8, 4) is 0 Å². The van der Waals surface area contributed by atoms with Gasteiger partial charge >= 0.3 is 0 Å². The fraction of sp³-hybridized carbons (Fsp3) is 0.500. The molecule has 0 spiro atoms. The van der Waals surface area contributed by atoms with Gasteiger partial charge in [-0.05, 0) is 18.2 Å². The average molecular weight is 223 g/mol. The molecule has 0 amide bonds. The Kier molecular flexibility index (Phi) is 5.67. The lowest BCUT2D eigenvalue weighted by Gasteiger charge is -2.29. The number of ether oxygens (including phenoxy) is 1. The van der Waals surface area contributed by atoms with Crippen molar-refractivity contribution in [1.29, 1.82) is 0 Å². The molecular weight excluding hydrogens is 202 g/mol. The molecule has 0 bridgehead atoms. The van der Waals surface area contributed by atoms with Gasteiger partial charge in [0.05, 0.1) is 18.9 Å². The Morgan fingerprint density at radius 3 is 2.56 bits per heavy atom. The van der Waals surface area contributed by atoms with E-state index in [-0.39, 0.29) is 0 Å². The maximum atomic E-state index is 5.36. The second kappa shape index (κ2) is 7.09. The normalized spacial score (nSPS) is 15.1. The standard InChI is InChI=1S/C10H15N3O.C2H6/c11-12-9-2-1-3-10(8-9)13-4-6-14-7-5-13;1-2/h1-3,8,12H,4-7,11H2;1-2H3. The van der Waals surface area contributed by atoms with Crippen LogP contribution in [0.4, 0.5) is 11.4 Å². The minimum atomic E-state index is 0.806. The van der Waals surface area contributed by atoms with E-state index in [0.717, 1.165) is 32.0 Å². The summed E-state index contributed by atoms with van der Waals surface area (Å²) in [5.74, 6) is 5.36. The molecule has 1 aliphatic rings. The Balaban J connectivity index is 0.000000606. The van der Waals surface area contributed by atoms with Gasteiger partial charge in [0.1, 0.15) is 0 Å². The number of benzene rings is 1. The third-order valence-electron chi connectivity index (χ3n) is 2.39. The van der Waals surface area contributed by atoms with Crippen molar-refractivity contribution in [3.63, 3.8) is 0 Å². The SMILES string of the molecule is CC.NNc1cccc(N2CCOCC2)c1. The van der Waals surface area contributed by atoms with E-state index in [4.69, 9.17) is 10.6 Å². The van der Waals surface area contributed by atoms with Crippen molar-refractivity contribution in [3.05, 3.63) is 24.3 Å². The fourth-order valence-electron chi connectivity index (χ4n) is 1.61. The molecule has 0 saturated carbocycles. The van der Waals surface area contributed by atoms with Crippen molar-refractivity contribution in [2.24, 2.45) is 5.84 Å². The van der Waals surface area contributed by atoms with Crippen molar-refractivity contribution >= 4 is 11.4 Å². The largest absolute Gasteiger partial charge is 0.378 e. The molecule has 0 aliphatic carbocycles. The first-order chi connectivity index (χ1) is 7.90. The van der Waals surface area contributed by atoms with Crippen molar-refractivity contribution < 1.29 is 4.74 Å². The predicted octanol–water partition coefficient (Wildman–Crippen LogP) is 1.83. The molecule has 2 rings (SSSR count). The number of nitrogen functional groups attached to an aromatic ring is 1. The van der Waals surface area contributed by atoms with E-state index in [2.05, 4.69) is 16.4 Å². The van der Waals surface area contributed by atoms with Crippen molar-refractivity contribution in [2.45, 2.75) is 13.8 Å². The molecule has 90 valence electrons. The van der Waals surface area contributed by atoms with E-state index in [9.17, 15) is 0 Å². The number of nitrogens with zero attached hydrogens (tertiary/aromatic N) is 1. The minimum absolute atomic E-state index is 0.806. The molecule has 16 heavy (non-hydrogen) atoms. The van der Waals surface area contributed by atoms with Crippen LogP contribution in [0.3, 0.4) is 0 Å². The molecule has 1 aromatic carbocycles. The average Bonchev–Trinajstić information content (AvgIpc) is 2.42. The number of hydrogen-bond acceptors (Lipinski definition) is 4. The van der Waals surface area contributed by atoms with Gasteiger partial charge < -0.3 is 15.1 Å². The summed E-state index contributed by atoms with van der Waals surface area (Å²) in [4.78, 5) is 2.30. The van der Waals surface area contributed by atoms with Crippen LogP contribution in [0.25, 0.3) is 0 Å². The molecule has 0 radical (unpaired) electrons. The van der Waals surface area contributed by atoms with Gasteiger partial charge in [0.25, 0.3) is 0 Å². The molecule has 1 aromatic rings. The Morgan fingerprint density at radius 2 is 1.94 bits per heavy atom. The summed E-state index contributed by atoms with van der Waals surface area (Å²) in [5.41, 5.74) is 4.79. The number of nitrogens with two attached hydrogens (primary N) is 1. The van der Waals surface area contributed by atoms with E-state index in [0.29, 0.717) is 0 Å². The lowest BCUT2D eigenvalue weighted by molar-refractivity contribution is 0.122. The van der Waals surface area contributed by atoms with Crippen molar-refractivity contribution in [1.82, 2.24) is 0 Å². The van der Waals surface area contributed by atoms with Crippen LogP contribution in [0.1, 0.15) is 13.8 Å². The number of rotatable bonds is 2. The van der Waals surface area contributed by atoms with Crippen molar-refractivity contribution in [2.75, 3.05) is 36.6 Å². The van der Waals surface area contributed by atoms with Gasteiger partial charge in [-0.2, -0.15) is 0 Å². The van der Waals surface area contributed by atoms with Crippen LogP contribution < -0.4 is 16.2 Å². The van der Waals surface area contributed by atoms with Crippen LogP contribution in [-0.4, -0.2) is 26.3 Å². The van der Waals surface area contributed by atoms with Gasteiger partial charge in [0.15, 0.2) is 0 Å². The maximum Gasteiger partial charge on any atom is 0.0642 e.